The molecular weight excluding hydrogens is 348 g/mol. The second-order valence-electron chi connectivity index (χ2n) is 3.92. The molecule has 0 spiro atoms. The third-order valence-corrected chi connectivity index (χ3v) is 4.03. The van der Waals surface area contributed by atoms with Crippen molar-refractivity contribution in [1.82, 2.24) is 9.97 Å². The zero-order chi connectivity index (χ0) is 14.7. The lowest BCUT2D eigenvalue weighted by atomic mass is 10.3. The van der Waals surface area contributed by atoms with Gasteiger partial charge in [-0.3, -0.25) is 15.5 Å². The van der Waals surface area contributed by atoms with Gasteiger partial charge >= 0.3 is 5.69 Å². The van der Waals surface area contributed by atoms with Crippen LogP contribution in [0.5, 0.6) is 0 Å². The second kappa shape index (κ2) is 6.11. The van der Waals surface area contributed by atoms with E-state index >= 15 is 0 Å². The van der Waals surface area contributed by atoms with Gasteiger partial charge in [-0.2, -0.15) is 4.98 Å². The van der Waals surface area contributed by atoms with Crippen molar-refractivity contribution >= 4 is 44.7 Å². The zero-order valence-corrected chi connectivity index (χ0v) is 12.8. The first-order valence-corrected chi connectivity index (χ1v) is 7.10. The van der Waals surface area contributed by atoms with Crippen LogP contribution in [0, 0.1) is 10.1 Å². The van der Waals surface area contributed by atoms with Gasteiger partial charge in [-0.15, -0.1) is 11.3 Å². The van der Waals surface area contributed by atoms with Crippen LogP contribution in [0.15, 0.2) is 21.4 Å². The number of anilines is 2. The number of halogens is 1. The van der Waals surface area contributed by atoms with E-state index in [1.807, 2.05) is 11.4 Å². The predicted molar refractivity (Wildman–Crippen MR) is 80.6 cm³/mol. The minimum atomic E-state index is -0.518. The highest BCUT2D eigenvalue weighted by Gasteiger charge is 2.21. The maximum atomic E-state index is 11.0. The number of nitrogens with zero attached hydrogens (tertiary/aromatic N) is 4. The molecule has 0 bridgehead atoms. The number of nitrogens with two attached hydrogens (primary N) is 1. The minimum absolute atomic E-state index is 0.129. The molecule has 8 nitrogen and oxygen atoms in total. The summed E-state index contributed by atoms with van der Waals surface area (Å²) < 4.78 is 1.00. The fourth-order valence-corrected chi connectivity index (χ4v) is 2.82. The molecule has 0 aliphatic rings. The molecule has 2 aromatic rings. The molecule has 0 radical (unpaired) electrons. The van der Waals surface area contributed by atoms with Crippen LogP contribution in [0.4, 0.5) is 17.5 Å². The van der Waals surface area contributed by atoms with Crippen LogP contribution in [0.3, 0.4) is 0 Å². The molecule has 0 saturated heterocycles. The number of nitrogens with one attached hydrogen (secondary N) is 1. The molecule has 3 N–H and O–H groups in total. The molecule has 2 rings (SSSR count). The number of nitro groups is 1. The molecule has 0 amide bonds. The quantitative estimate of drug-likeness (QED) is 0.478. The van der Waals surface area contributed by atoms with E-state index in [1.54, 1.807) is 23.3 Å². The van der Waals surface area contributed by atoms with Crippen molar-refractivity contribution in [2.45, 2.75) is 6.54 Å². The lowest BCUT2D eigenvalue weighted by Gasteiger charge is -2.17. The lowest BCUT2D eigenvalue weighted by molar-refractivity contribution is -0.384. The summed E-state index contributed by atoms with van der Waals surface area (Å²) in [5.74, 6) is 5.57. The van der Waals surface area contributed by atoms with Gasteiger partial charge in [0.25, 0.3) is 0 Å². The fraction of sp³-hybridized carbons (Fsp3) is 0.200. The largest absolute Gasteiger partial charge is 0.349 e. The van der Waals surface area contributed by atoms with Crippen LogP contribution < -0.4 is 16.2 Å². The molecule has 2 aromatic heterocycles. The number of hydrogen-bond acceptors (Lipinski definition) is 8. The summed E-state index contributed by atoms with van der Waals surface area (Å²) >= 11 is 4.93. The number of hydrazine groups is 1. The Morgan fingerprint density at radius 2 is 2.40 bits per heavy atom. The number of hydrogen-bond donors (Lipinski definition) is 2. The van der Waals surface area contributed by atoms with Gasteiger partial charge in [0.2, 0.25) is 11.8 Å². The van der Waals surface area contributed by atoms with Crippen molar-refractivity contribution in [1.29, 1.82) is 0 Å². The van der Waals surface area contributed by atoms with Crippen LogP contribution in [-0.2, 0) is 6.54 Å². The Morgan fingerprint density at radius 1 is 1.65 bits per heavy atom. The highest BCUT2D eigenvalue weighted by molar-refractivity contribution is 9.11. The van der Waals surface area contributed by atoms with E-state index in [9.17, 15) is 10.1 Å². The molecular formula is C10H11BrN6O2S. The van der Waals surface area contributed by atoms with Gasteiger partial charge in [-0.25, -0.2) is 10.8 Å². The van der Waals surface area contributed by atoms with Crippen molar-refractivity contribution in [3.05, 3.63) is 37.1 Å². The van der Waals surface area contributed by atoms with E-state index in [0.29, 0.717) is 6.54 Å². The Bertz CT molecular complexity index is 634. The summed E-state index contributed by atoms with van der Waals surface area (Å²) in [6.07, 6.45) is 1.14. The van der Waals surface area contributed by atoms with Gasteiger partial charge < -0.3 is 4.90 Å². The monoisotopic (exact) mass is 358 g/mol. The molecule has 10 heteroatoms. The minimum Gasteiger partial charge on any atom is -0.349 e. The van der Waals surface area contributed by atoms with Crippen molar-refractivity contribution in [2.75, 3.05) is 17.4 Å². The first-order chi connectivity index (χ1) is 9.51. The Kier molecular flexibility index (Phi) is 4.47. The van der Waals surface area contributed by atoms with E-state index in [2.05, 4.69) is 31.3 Å². The number of rotatable bonds is 5. The first-order valence-electron chi connectivity index (χ1n) is 5.43. The summed E-state index contributed by atoms with van der Waals surface area (Å²) in [5, 5.41) is 13.0. The van der Waals surface area contributed by atoms with Gasteiger partial charge in [0.1, 0.15) is 6.20 Å². The van der Waals surface area contributed by atoms with Crippen molar-refractivity contribution in [3.8, 4) is 0 Å². The van der Waals surface area contributed by atoms with E-state index in [4.69, 9.17) is 5.84 Å². The Balaban J connectivity index is 2.31. The lowest BCUT2D eigenvalue weighted by Crippen LogP contribution is -2.20. The Hall–Kier alpha value is -1.78. The predicted octanol–water partition coefficient (Wildman–Crippen LogP) is 2.13. The van der Waals surface area contributed by atoms with Crippen LogP contribution in [0.25, 0.3) is 0 Å². The SMILES string of the molecule is CN(Cc1csc(Br)c1)c1nc(NN)ncc1[N+](=O)[O-]. The van der Waals surface area contributed by atoms with Gasteiger partial charge in [0.15, 0.2) is 0 Å². The summed E-state index contributed by atoms with van der Waals surface area (Å²) in [7, 11) is 1.72. The van der Waals surface area contributed by atoms with Crippen molar-refractivity contribution in [2.24, 2.45) is 5.84 Å². The maximum Gasteiger partial charge on any atom is 0.329 e. The molecule has 0 saturated carbocycles. The molecule has 0 aromatic carbocycles. The Morgan fingerprint density at radius 3 is 2.95 bits per heavy atom. The summed E-state index contributed by atoms with van der Waals surface area (Å²) in [6.45, 7) is 0.490. The van der Waals surface area contributed by atoms with E-state index in [0.717, 1.165) is 15.5 Å². The van der Waals surface area contributed by atoms with Gasteiger partial charge in [0, 0.05) is 13.6 Å². The fourth-order valence-electron chi connectivity index (χ4n) is 1.62. The Labute approximate surface area is 126 Å². The first kappa shape index (κ1) is 14.6. The van der Waals surface area contributed by atoms with Crippen LogP contribution in [0.1, 0.15) is 5.56 Å². The molecule has 0 aliphatic heterocycles. The third kappa shape index (κ3) is 3.21. The maximum absolute atomic E-state index is 11.0. The molecule has 0 fully saturated rings. The number of aromatic nitrogens is 2. The second-order valence-corrected chi connectivity index (χ2v) is 6.21. The van der Waals surface area contributed by atoms with Crippen molar-refractivity contribution < 1.29 is 4.92 Å². The number of thiophene rings is 1. The van der Waals surface area contributed by atoms with Crippen molar-refractivity contribution in [3.63, 3.8) is 0 Å². The summed E-state index contributed by atoms with van der Waals surface area (Å²) in [5.41, 5.74) is 3.14. The van der Waals surface area contributed by atoms with Crippen LogP contribution >= 0.6 is 27.3 Å². The van der Waals surface area contributed by atoms with Gasteiger partial charge in [0.05, 0.1) is 8.71 Å². The van der Waals surface area contributed by atoms with E-state index < -0.39 is 4.92 Å². The standard InChI is InChI=1S/C10H11BrN6O2S/c1-16(4-6-2-8(11)20-5-6)9-7(17(18)19)3-13-10(14-9)15-12/h2-3,5H,4,12H2,1H3,(H,13,14,15). The summed E-state index contributed by atoms with van der Waals surface area (Å²) in [4.78, 5) is 20.0. The van der Waals surface area contributed by atoms with E-state index in [-0.39, 0.29) is 17.5 Å². The molecule has 0 aliphatic carbocycles. The molecule has 0 unspecified atom stereocenters. The van der Waals surface area contributed by atoms with Gasteiger partial charge in [-0.1, -0.05) is 0 Å². The zero-order valence-electron chi connectivity index (χ0n) is 10.4. The molecule has 20 heavy (non-hydrogen) atoms. The summed E-state index contributed by atoms with van der Waals surface area (Å²) in [6, 6.07) is 1.95. The molecule has 106 valence electrons. The average molecular weight is 359 g/mol. The van der Waals surface area contributed by atoms with Crippen LogP contribution in [0.2, 0.25) is 0 Å². The number of nitrogen functional groups attached to an aromatic ring is 1. The van der Waals surface area contributed by atoms with E-state index in [1.165, 1.54) is 0 Å². The van der Waals surface area contributed by atoms with Gasteiger partial charge in [-0.05, 0) is 32.9 Å². The average Bonchev–Trinajstić information content (AvgIpc) is 2.83. The molecule has 2 heterocycles. The third-order valence-electron chi connectivity index (χ3n) is 2.48. The highest BCUT2D eigenvalue weighted by Crippen LogP contribution is 2.28. The smallest absolute Gasteiger partial charge is 0.329 e. The highest BCUT2D eigenvalue weighted by atomic mass is 79.9. The van der Waals surface area contributed by atoms with Crippen LogP contribution in [-0.4, -0.2) is 21.9 Å². The molecule has 0 atom stereocenters. The topological polar surface area (TPSA) is 110 Å². The normalized spacial score (nSPS) is 10.3.